The first-order valence-corrected chi connectivity index (χ1v) is 10.7. The molecule has 1 aromatic heterocycles. The number of guanidine groups is 1. The first-order chi connectivity index (χ1) is 14.7. The Kier molecular flexibility index (Phi) is 11.3. The molecule has 1 aromatic rings. The van der Waals surface area contributed by atoms with E-state index in [0.717, 1.165) is 44.3 Å². The highest BCUT2D eigenvalue weighted by atomic mass is 127. The number of aromatic nitrogens is 1. The van der Waals surface area contributed by atoms with Gasteiger partial charge in [-0.1, -0.05) is 0 Å². The maximum Gasteiger partial charge on any atom is 0.234 e. The summed E-state index contributed by atoms with van der Waals surface area (Å²) in [5, 5.41) is 6.30. The summed E-state index contributed by atoms with van der Waals surface area (Å²) >= 11 is 0. The Morgan fingerprint density at radius 3 is 2.71 bits per heavy atom. The summed E-state index contributed by atoms with van der Waals surface area (Å²) in [6.45, 7) is 6.25. The van der Waals surface area contributed by atoms with Gasteiger partial charge in [-0.2, -0.15) is 0 Å². The molecule has 10 heteroatoms. The molecular weight excluding hydrogens is 511 g/mol. The molecule has 0 radical (unpaired) electrons. The van der Waals surface area contributed by atoms with Crippen molar-refractivity contribution in [3.63, 3.8) is 0 Å². The molecule has 1 amide bonds. The predicted molar refractivity (Wildman–Crippen MR) is 131 cm³/mol. The van der Waals surface area contributed by atoms with E-state index in [0.29, 0.717) is 38.0 Å². The monoisotopic (exact) mass is 546 g/mol. The molecule has 1 saturated carbocycles. The van der Waals surface area contributed by atoms with Crippen LogP contribution >= 0.6 is 24.0 Å². The minimum absolute atomic E-state index is 0. The summed E-state index contributed by atoms with van der Waals surface area (Å²) in [6.07, 6.45) is 4.32. The number of carbonyl (C=O) groups excluding carboxylic acids is 1. The van der Waals surface area contributed by atoms with Gasteiger partial charge >= 0.3 is 0 Å². The van der Waals surface area contributed by atoms with Crippen LogP contribution in [0.4, 0.5) is 0 Å². The van der Waals surface area contributed by atoms with Crippen LogP contribution in [0.2, 0.25) is 0 Å². The van der Waals surface area contributed by atoms with Gasteiger partial charge in [0.05, 0.1) is 19.8 Å². The maximum absolute atomic E-state index is 12.0. The number of hydrogen-bond acceptors (Lipinski definition) is 6. The molecule has 0 spiro atoms. The SMILES string of the molecule is CN=C(NCc1ccnc(OCC2CC2)c1)N1CCN(CC(=O)NCCOC)CC1.I. The fraction of sp³-hybridized carbons (Fsp3) is 0.667. The zero-order valence-electron chi connectivity index (χ0n) is 18.5. The molecule has 3 rings (SSSR count). The predicted octanol–water partition coefficient (Wildman–Crippen LogP) is 0.944. The number of halogens is 1. The summed E-state index contributed by atoms with van der Waals surface area (Å²) in [6, 6.07) is 3.98. The van der Waals surface area contributed by atoms with Crippen molar-refractivity contribution in [1.29, 1.82) is 0 Å². The highest BCUT2D eigenvalue weighted by Crippen LogP contribution is 2.29. The van der Waals surface area contributed by atoms with Crippen LogP contribution in [-0.2, 0) is 16.1 Å². The quantitative estimate of drug-likeness (QED) is 0.196. The van der Waals surface area contributed by atoms with E-state index in [1.807, 2.05) is 12.1 Å². The van der Waals surface area contributed by atoms with Gasteiger partial charge in [0.25, 0.3) is 0 Å². The van der Waals surface area contributed by atoms with Crippen molar-refractivity contribution in [1.82, 2.24) is 25.4 Å². The number of aliphatic imine (C=N–C) groups is 1. The second kappa shape index (κ2) is 13.7. The van der Waals surface area contributed by atoms with Crippen LogP contribution in [0.5, 0.6) is 5.88 Å². The third-order valence-corrected chi connectivity index (χ3v) is 5.29. The molecule has 9 nitrogen and oxygen atoms in total. The molecule has 0 bridgehead atoms. The van der Waals surface area contributed by atoms with Gasteiger partial charge in [-0.25, -0.2) is 4.98 Å². The van der Waals surface area contributed by atoms with Crippen LogP contribution in [0.1, 0.15) is 18.4 Å². The van der Waals surface area contributed by atoms with Crippen molar-refractivity contribution >= 4 is 35.8 Å². The van der Waals surface area contributed by atoms with Crippen LogP contribution in [0, 0.1) is 5.92 Å². The van der Waals surface area contributed by atoms with E-state index < -0.39 is 0 Å². The number of methoxy groups -OCH3 is 1. The number of ether oxygens (including phenoxy) is 2. The molecule has 174 valence electrons. The Bertz CT molecular complexity index is 708. The summed E-state index contributed by atoms with van der Waals surface area (Å²) in [7, 11) is 3.43. The van der Waals surface area contributed by atoms with Gasteiger partial charge in [0.1, 0.15) is 0 Å². The van der Waals surface area contributed by atoms with Crippen molar-refractivity contribution in [3.05, 3.63) is 23.9 Å². The number of carbonyl (C=O) groups is 1. The van der Waals surface area contributed by atoms with E-state index in [1.165, 1.54) is 12.8 Å². The normalized spacial score (nSPS) is 17.1. The highest BCUT2D eigenvalue weighted by molar-refractivity contribution is 14.0. The van der Waals surface area contributed by atoms with Gasteiger partial charge in [0.15, 0.2) is 5.96 Å². The minimum atomic E-state index is 0. The zero-order valence-corrected chi connectivity index (χ0v) is 20.8. The van der Waals surface area contributed by atoms with Crippen molar-refractivity contribution < 1.29 is 14.3 Å². The third-order valence-electron chi connectivity index (χ3n) is 5.29. The molecule has 2 heterocycles. The van der Waals surface area contributed by atoms with Crippen LogP contribution < -0.4 is 15.4 Å². The molecular formula is C21H35IN6O3. The van der Waals surface area contributed by atoms with Gasteiger partial charge in [-0.05, 0) is 30.4 Å². The Labute approximate surface area is 202 Å². The van der Waals surface area contributed by atoms with E-state index >= 15 is 0 Å². The number of nitrogens with zero attached hydrogens (tertiary/aromatic N) is 4. The third kappa shape index (κ3) is 9.16. The summed E-state index contributed by atoms with van der Waals surface area (Å²) in [5.41, 5.74) is 1.11. The lowest BCUT2D eigenvalue weighted by molar-refractivity contribution is -0.122. The molecule has 1 saturated heterocycles. The average molecular weight is 546 g/mol. The molecule has 1 aliphatic carbocycles. The Balaban J connectivity index is 0.00000341. The molecule has 31 heavy (non-hydrogen) atoms. The highest BCUT2D eigenvalue weighted by Gasteiger charge is 2.22. The molecule has 2 aliphatic rings. The van der Waals surface area contributed by atoms with Gasteiger partial charge < -0.3 is 25.0 Å². The van der Waals surface area contributed by atoms with Crippen molar-refractivity contribution in [3.8, 4) is 5.88 Å². The lowest BCUT2D eigenvalue weighted by Gasteiger charge is -2.36. The second-order valence-electron chi connectivity index (χ2n) is 7.76. The number of nitrogens with one attached hydrogen (secondary N) is 2. The molecule has 2 fully saturated rings. The fourth-order valence-corrected chi connectivity index (χ4v) is 3.31. The smallest absolute Gasteiger partial charge is 0.234 e. The number of amides is 1. The van der Waals surface area contributed by atoms with E-state index in [-0.39, 0.29) is 29.9 Å². The summed E-state index contributed by atoms with van der Waals surface area (Å²) < 4.78 is 10.7. The zero-order chi connectivity index (χ0) is 21.2. The standard InChI is InChI=1S/C21H34N6O3.HI/c1-22-21(25-14-18-5-6-24-20(13-18)30-16-17-3-4-17)27-10-8-26(9-11-27)15-19(28)23-7-12-29-2;/h5-6,13,17H,3-4,7-12,14-16H2,1-2H3,(H,22,25)(H,23,28);1H. The van der Waals surface area contributed by atoms with Crippen molar-refractivity contribution in [2.24, 2.45) is 10.9 Å². The Morgan fingerprint density at radius 2 is 2.03 bits per heavy atom. The topological polar surface area (TPSA) is 91.3 Å². The maximum atomic E-state index is 12.0. The van der Waals surface area contributed by atoms with Crippen LogP contribution in [-0.4, -0.2) is 93.3 Å². The summed E-state index contributed by atoms with van der Waals surface area (Å²) in [5.74, 6) is 2.31. The molecule has 0 aromatic carbocycles. The number of rotatable bonds is 10. The van der Waals surface area contributed by atoms with Gasteiger partial charge in [-0.3, -0.25) is 14.7 Å². The Hall–Kier alpha value is -1.66. The van der Waals surface area contributed by atoms with E-state index in [1.54, 1.807) is 20.4 Å². The fourth-order valence-electron chi connectivity index (χ4n) is 3.31. The average Bonchev–Trinajstić information content (AvgIpc) is 3.59. The van der Waals surface area contributed by atoms with E-state index in [9.17, 15) is 4.79 Å². The molecule has 2 N–H and O–H groups in total. The molecule has 1 aliphatic heterocycles. The van der Waals surface area contributed by atoms with E-state index in [4.69, 9.17) is 9.47 Å². The van der Waals surface area contributed by atoms with Gasteiger partial charge in [0.2, 0.25) is 11.8 Å². The number of pyridine rings is 1. The van der Waals surface area contributed by atoms with Crippen molar-refractivity contribution in [2.45, 2.75) is 19.4 Å². The van der Waals surface area contributed by atoms with Crippen LogP contribution in [0.15, 0.2) is 23.3 Å². The summed E-state index contributed by atoms with van der Waals surface area (Å²) in [4.78, 5) is 25.1. The lowest BCUT2D eigenvalue weighted by Crippen LogP contribution is -2.54. The lowest BCUT2D eigenvalue weighted by atomic mass is 10.2. The molecule has 0 unspecified atom stereocenters. The van der Waals surface area contributed by atoms with Crippen molar-refractivity contribution in [2.75, 3.05) is 66.6 Å². The molecule has 0 atom stereocenters. The Morgan fingerprint density at radius 1 is 1.26 bits per heavy atom. The number of hydrogen-bond donors (Lipinski definition) is 2. The van der Waals surface area contributed by atoms with Crippen LogP contribution in [0.25, 0.3) is 0 Å². The van der Waals surface area contributed by atoms with Gasteiger partial charge in [-0.15, -0.1) is 24.0 Å². The minimum Gasteiger partial charge on any atom is -0.477 e. The largest absolute Gasteiger partial charge is 0.477 e. The second-order valence-corrected chi connectivity index (χ2v) is 7.76. The van der Waals surface area contributed by atoms with E-state index in [2.05, 4.69) is 30.4 Å². The van der Waals surface area contributed by atoms with Crippen LogP contribution in [0.3, 0.4) is 0 Å². The number of piperazine rings is 1. The van der Waals surface area contributed by atoms with Gasteiger partial charge in [0, 0.05) is 65.7 Å². The first-order valence-electron chi connectivity index (χ1n) is 10.7. The first kappa shape index (κ1) is 25.6.